The van der Waals surface area contributed by atoms with Crippen molar-refractivity contribution >= 4 is 28.8 Å². The summed E-state index contributed by atoms with van der Waals surface area (Å²) in [5.41, 5.74) is 1.92. The summed E-state index contributed by atoms with van der Waals surface area (Å²) in [6, 6.07) is 14.3. The molecule has 37 heavy (non-hydrogen) atoms. The highest BCUT2D eigenvalue weighted by Gasteiger charge is 2.30. The summed E-state index contributed by atoms with van der Waals surface area (Å²) < 4.78 is 51.5. The van der Waals surface area contributed by atoms with Crippen LogP contribution in [0, 0.1) is 0 Å². The summed E-state index contributed by atoms with van der Waals surface area (Å²) in [7, 11) is 3.13. The van der Waals surface area contributed by atoms with Crippen molar-refractivity contribution in [3.8, 4) is 11.5 Å². The van der Waals surface area contributed by atoms with Gasteiger partial charge in [0.2, 0.25) is 5.91 Å². The number of imidazole rings is 1. The molecule has 2 aromatic heterocycles. The van der Waals surface area contributed by atoms with Crippen molar-refractivity contribution in [1.82, 2.24) is 19.9 Å². The number of benzene rings is 2. The van der Waals surface area contributed by atoms with Crippen molar-refractivity contribution in [2.45, 2.75) is 30.1 Å². The predicted octanol–water partition coefficient (Wildman–Crippen LogP) is 5.12. The molecule has 0 fully saturated rings. The van der Waals surface area contributed by atoms with Gasteiger partial charge >= 0.3 is 6.18 Å². The zero-order valence-electron chi connectivity index (χ0n) is 20.2. The first-order valence-electron chi connectivity index (χ1n) is 11.4. The number of amides is 1. The molecule has 0 unspecified atom stereocenters. The molecule has 194 valence electrons. The van der Waals surface area contributed by atoms with E-state index in [0.717, 1.165) is 17.7 Å². The van der Waals surface area contributed by atoms with Crippen LogP contribution in [-0.4, -0.2) is 41.2 Å². The van der Waals surface area contributed by atoms with Crippen molar-refractivity contribution in [3.05, 3.63) is 77.5 Å². The Labute approximate surface area is 216 Å². The molecule has 0 aliphatic heterocycles. The molecule has 1 amide bonds. The number of hydrogen-bond acceptors (Lipinski definition) is 6. The molecule has 4 aromatic rings. The van der Waals surface area contributed by atoms with E-state index in [1.807, 2.05) is 18.2 Å². The van der Waals surface area contributed by atoms with Gasteiger partial charge in [-0.2, -0.15) is 13.2 Å². The summed E-state index contributed by atoms with van der Waals surface area (Å²) in [6.07, 6.45) is -2.21. The molecular formula is C26H25F3N4O3S. The topological polar surface area (TPSA) is 78.3 Å². The second kappa shape index (κ2) is 11.5. The van der Waals surface area contributed by atoms with E-state index in [0.29, 0.717) is 46.3 Å². The molecule has 0 spiro atoms. The van der Waals surface area contributed by atoms with Crippen LogP contribution in [0.15, 0.2) is 66.0 Å². The highest BCUT2D eigenvalue weighted by atomic mass is 32.2. The van der Waals surface area contributed by atoms with Crippen LogP contribution in [-0.2, 0) is 29.7 Å². The summed E-state index contributed by atoms with van der Waals surface area (Å²) in [4.78, 5) is 21.7. The number of methoxy groups -OCH3 is 2. The van der Waals surface area contributed by atoms with Gasteiger partial charge in [-0.05, 0) is 47.9 Å². The molecule has 7 nitrogen and oxygen atoms in total. The number of halogens is 3. The lowest BCUT2D eigenvalue weighted by Gasteiger charge is -2.11. The Morgan fingerprint density at radius 3 is 2.59 bits per heavy atom. The average Bonchev–Trinajstić information content (AvgIpc) is 3.24. The van der Waals surface area contributed by atoms with Gasteiger partial charge in [-0.1, -0.05) is 36.0 Å². The Kier molecular flexibility index (Phi) is 8.22. The Balaban J connectivity index is 1.43. The number of nitrogens with zero attached hydrogens (tertiary/aromatic N) is 3. The maximum atomic E-state index is 13.1. The number of carbonyl (C=O) groups excluding carboxylic acids is 1. The van der Waals surface area contributed by atoms with Gasteiger partial charge in [-0.3, -0.25) is 9.36 Å². The van der Waals surface area contributed by atoms with Crippen LogP contribution in [0.5, 0.6) is 11.5 Å². The fourth-order valence-corrected chi connectivity index (χ4v) is 4.70. The van der Waals surface area contributed by atoms with Crippen molar-refractivity contribution < 1.29 is 27.4 Å². The van der Waals surface area contributed by atoms with Crippen LogP contribution >= 0.6 is 11.8 Å². The quantitative estimate of drug-likeness (QED) is 0.287. The normalized spacial score (nSPS) is 11.5. The number of carbonyl (C=O) groups is 1. The largest absolute Gasteiger partial charge is 0.493 e. The van der Waals surface area contributed by atoms with Gasteiger partial charge in [0.1, 0.15) is 12.1 Å². The van der Waals surface area contributed by atoms with Crippen LogP contribution < -0.4 is 14.8 Å². The van der Waals surface area contributed by atoms with Crippen molar-refractivity contribution in [3.63, 3.8) is 0 Å². The Morgan fingerprint density at radius 2 is 1.84 bits per heavy atom. The molecule has 2 aromatic carbocycles. The molecule has 0 atom stereocenters. The van der Waals surface area contributed by atoms with E-state index in [9.17, 15) is 18.0 Å². The van der Waals surface area contributed by atoms with E-state index in [-0.39, 0.29) is 18.2 Å². The number of rotatable bonds is 10. The summed E-state index contributed by atoms with van der Waals surface area (Å²) in [5, 5.41) is 3.40. The van der Waals surface area contributed by atoms with Crippen LogP contribution in [0.2, 0.25) is 0 Å². The third-order valence-corrected chi connectivity index (χ3v) is 6.62. The second-order valence-electron chi connectivity index (χ2n) is 8.10. The first-order chi connectivity index (χ1) is 17.8. The van der Waals surface area contributed by atoms with Crippen LogP contribution in [0.25, 0.3) is 11.2 Å². The van der Waals surface area contributed by atoms with Gasteiger partial charge in [-0.15, -0.1) is 0 Å². The lowest BCUT2D eigenvalue weighted by atomic mass is 10.1. The van der Waals surface area contributed by atoms with Crippen molar-refractivity contribution in [2.75, 3.05) is 20.8 Å². The molecule has 0 saturated heterocycles. The van der Waals surface area contributed by atoms with E-state index in [1.54, 1.807) is 43.2 Å². The minimum Gasteiger partial charge on any atom is -0.493 e. The number of thioether (sulfide) groups is 1. The van der Waals surface area contributed by atoms with Crippen LogP contribution in [0.1, 0.15) is 16.7 Å². The number of ether oxygens (including phenoxy) is 2. The summed E-state index contributed by atoms with van der Waals surface area (Å²) in [6.45, 7) is 0.380. The molecule has 0 bridgehead atoms. The summed E-state index contributed by atoms with van der Waals surface area (Å²) >= 11 is 1.25. The summed E-state index contributed by atoms with van der Waals surface area (Å²) in [5.74, 6) is 1.27. The van der Waals surface area contributed by atoms with E-state index in [1.165, 1.54) is 17.8 Å². The Bertz CT molecular complexity index is 1390. The zero-order chi connectivity index (χ0) is 26.4. The standard InChI is InChI=1S/C26H25F3N4O3S/c1-35-21-9-8-17(14-22(21)36-2)10-12-30-23(34)15-33-24-20(7-4-11-31-24)32-25(33)37-16-18-5-3-6-19(13-18)26(27,28)29/h3-9,11,13-14H,10,12,15-16H2,1-2H3,(H,30,34). The van der Waals surface area contributed by atoms with Crippen molar-refractivity contribution in [1.29, 1.82) is 0 Å². The van der Waals surface area contributed by atoms with E-state index >= 15 is 0 Å². The number of nitrogens with one attached hydrogen (secondary N) is 1. The van der Waals surface area contributed by atoms with Gasteiger partial charge in [-0.25, -0.2) is 9.97 Å². The monoisotopic (exact) mass is 530 g/mol. The predicted molar refractivity (Wildman–Crippen MR) is 135 cm³/mol. The minimum absolute atomic E-state index is 0.0234. The number of pyridine rings is 1. The molecule has 11 heteroatoms. The first-order valence-corrected chi connectivity index (χ1v) is 12.3. The van der Waals surface area contributed by atoms with Crippen molar-refractivity contribution in [2.24, 2.45) is 0 Å². The van der Waals surface area contributed by atoms with Gasteiger partial charge in [0, 0.05) is 18.5 Å². The lowest BCUT2D eigenvalue weighted by molar-refractivity contribution is -0.137. The molecule has 0 saturated carbocycles. The number of hydrogen-bond donors (Lipinski definition) is 1. The third-order valence-electron chi connectivity index (χ3n) is 5.58. The number of alkyl halides is 3. The van der Waals surface area contributed by atoms with Gasteiger partial charge < -0.3 is 14.8 Å². The smallest absolute Gasteiger partial charge is 0.416 e. The number of aromatic nitrogens is 3. The number of fused-ring (bicyclic) bond motifs is 1. The Morgan fingerprint density at radius 1 is 1.03 bits per heavy atom. The molecular weight excluding hydrogens is 505 g/mol. The highest BCUT2D eigenvalue weighted by Crippen LogP contribution is 2.32. The van der Waals surface area contributed by atoms with Gasteiger partial charge in [0.15, 0.2) is 22.3 Å². The average molecular weight is 531 g/mol. The van der Waals surface area contributed by atoms with Gasteiger partial charge in [0.05, 0.1) is 19.8 Å². The van der Waals surface area contributed by atoms with Gasteiger partial charge in [0.25, 0.3) is 0 Å². The van der Waals surface area contributed by atoms with E-state index < -0.39 is 11.7 Å². The molecule has 4 rings (SSSR count). The Hall–Kier alpha value is -3.73. The molecule has 1 N–H and O–H groups in total. The second-order valence-corrected chi connectivity index (χ2v) is 9.05. The fourth-order valence-electron chi connectivity index (χ4n) is 3.76. The van der Waals surface area contributed by atoms with Crippen LogP contribution in [0.4, 0.5) is 13.2 Å². The first kappa shape index (κ1) is 26.3. The molecule has 0 aliphatic rings. The maximum absolute atomic E-state index is 13.1. The fraction of sp³-hybridized carbons (Fsp3) is 0.269. The lowest BCUT2D eigenvalue weighted by Crippen LogP contribution is -2.29. The zero-order valence-corrected chi connectivity index (χ0v) is 21.0. The highest BCUT2D eigenvalue weighted by molar-refractivity contribution is 7.98. The third kappa shape index (κ3) is 6.53. The minimum atomic E-state index is -4.41. The van der Waals surface area contributed by atoms with E-state index in [2.05, 4.69) is 15.3 Å². The van der Waals surface area contributed by atoms with E-state index in [4.69, 9.17) is 9.47 Å². The molecule has 2 heterocycles. The maximum Gasteiger partial charge on any atom is 0.416 e. The van der Waals surface area contributed by atoms with Crippen LogP contribution in [0.3, 0.4) is 0 Å². The SMILES string of the molecule is COc1ccc(CCNC(=O)Cn2c(SCc3cccc(C(F)(F)F)c3)nc3cccnc32)cc1OC. The molecule has 0 aliphatic carbocycles. The molecule has 0 radical (unpaired) electrons.